The first-order valence-electron chi connectivity index (χ1n) is 7.81. The van der Waals surface area contributed by atoms with Crippen LogP contribution in [-0.2, 0) is 15.9 Å². The zero-order chi connectivity index (χ0) is 17.4. The van der Waals surface area contributed by atoms with E-state index in [4.69, 9.17) is 11.6 Å². The average Bonchev–Trinajstić information content (AvgIpc) is 2.57. The number of alkyl halides is 1. The third-order valence-corrected chi connectivity index (χ3v) is 4.65. The summed E-state index contributed by atoms with van der Waals surface area (Å²) in [5.74, 6) is 0.449. The van der Waals surface area contributed by atoms with E-state index in [1.54, 1.807) is 0 Å². The second-order valence-corrected chi connectivity index (χ2v) is 7.76. The summed E-state index contributed by atoms with van der Waals surface area (Å²) >= 11 is 5.81. The van der Waals surface area contributed by atoms with E-state index in [0.29, 0.717) is 12.3 Å². The van der Waals surface area contributed by atoms with Crippen LogP contribution < -0.4 is 4.72 Å². The summed E-state index contributed by atoms with van der Waals surface area (Å²) in [6, 6.07) is 17.5. The maximum atomic E-state index is 11.6. The molecule has 1 N–H and O–H groups in total. The van der Waals surface area contributed by atoms with Gasteiger partial charge in [-0.15, -0.1) is 11.6 Å². The molecule has 0 radical (unpaired) electrons. The van der Waals surface area contributed by atoms with Crippen molar-refractivity contribution >= 4 is 27.7 Å². The van der Waals surface area contributed by atoms with Crippen LogP contribution in [0.15, 0.2) is 60.7 Å². The Morgan fingerprint density at radius 2 is 1.75 bits per heavy atom. The minimum absolute atomic E-state index is 0.246. The largest absolute Gasteiger partial charge is 0.213 e. The number of hydrogen-bond acceptors (Lipinski definition) is 2. The number of sulfonamides is 1. The molecule has 0 spiro atoms. The molecule has 1 atom stereocenters. The molecule has 0 aromatic heterocycles. The molecule has 0 heterocycles. The molecule has 0 aliphatic heterocycles. The number of nitrogens with one attached hydrogen (secondary N) is 1. The van der Waals surface area contributed by atoms with Crippen LogP contribution in [0, 0.1) is 0 Å². The van der Waals surface area contributed by atoms with Crippen LogP contribution in [-0.4, -0.2) is 14.7 Å². The van der Waals surface area contributed by atoms with Gasteiger partial charge < -0.3 is 0 Å². The van der Waals surface area contributed by atoms with Crippen molar-refractivity contribution in [3.8, 4) is 0 Å². The van der Waals surface area contributed by atoms with Crippen molar-refractivity contribution in [3.63, 3.8) is 0 Å². The Morgan fingerprint density at radius 1 is 1.08 bits per heavy atom. The van der Waals surface area contributed by atoms with Crippen LogP contribution in [0.5, 0.6) is 0 Å². The van der Waals surface area contributed by atoms with Crippen LogP contribution in [0.1, 0.15) is 35.6 Å². The van der Waals surface area contributed by atoms with Gasteiger partial charge in [-0.05, 0) is 29.5 Å². The van der Waals surface area contributed by atoms with E-state index in [9.17, 15) is 8.42 Å². The van der Waals surface area contributed by atoms with Crippen molar-refractivity contribution in [2.45, 2.75) is 24.8 Å². The molecule has 2 aromatic rings. The van der Waals surface area contributed by atoms with Gasteiger partial charge in [0.1, 0.15) is 0 Å². The molecule has 5 heteroatoms. The van der Waals surface area contributed by atoms with Gasteiger partial charge in [0.25, 0.3) is 0 Å². The molecule has 0 saturated carbocycles. The molecule has 2 rings (SSSR count). The molecule has 0 fully saturated rings. The van der Waals surface area contributed by atoms with Crippen LogP contribution in [0.25, 0.3) is 6.08 Å². The van der Waals surface area contributed by atoms with Crippen LogP contribution in [0.3, 0.4) is 0 Å². The maximum Gasteiger partial charge on any atom is 0.209 e. The summed E-state index contributed by atoms with van der Waals surface area (Å²) in [5, 5.41) is 0. The summed E-state index contributed by atoms with van der Waals surface area (Å²) in [6.07, 6.45) is 6.77. The molecule has 0 aliphatic carbocycles. The van der Waals surface area contributed by atoms with Gasteiger partial charge in [0.05, 0.1) is 6.26 Å². The third-order valence-electron chi connectivity index (χ3n) is 3.62. The van der Waals surface area contributed by atoms with Gasteiger partial charge in [-0.1, -0.05) is 66.7 Å². The Labute approximate surface area is 149 Å². The van der Waals surface area contributed by atoms with Crippen LogP contribution in [0.2, 0.25) is 0 Å². The number of rotatable bonds is 8. The molecule has 0 saturated heterocycles. The average molecular weight is 364 g/mol. The molecule has 0 bridgehead atoms. The fraction of sp³-hybridized carbons (Fsp3) is 0.263. The molecule has 0 amide bonds. The van der Waals surface area contributed by atoms with Crippen molar-refractivity contribution in [1.82, 2.24) is 4.72 Å². The third kappa shape index (κ3) is 6.48. The number of allylic oxidation sites excluding steroid dienone is 1. The highest BCUT2D eigenvalue weighted by molar-refractivity contribution is 7.88. The fourth-order valence-corrected chi connectivity index (χ4v) is 3.39. The summed E-state index contributed by atoms with van der Waals surface area (Å²) in [6.45, 7) is 0. The summed E-state index contributed by atoms with van der Waals surface area (Å²) in [4.78, 5) is 0. The minimum Gasteiger partial charge on any atom is -0.213 e. The summed E-state index contributed by atoms with van der Waals surface area (Å²) in [5.41, 5.74) is 3.10. The predicted molar refractivity (Wildman–Crippen MR) is 101 cm³/mol. The highest BCUT2D eigenvalue weighted by Gasteiger charge is 2.15. The summed E-state index contributed by atoms with van der Waals surface area (Å²) in [7, 11) is -3.28. The van der Waals surface area contributed by atoms with Crippen molar-refractivity contribution < 1.29 is 8.42 Å². The van der Waals surface area contributed by atoms with E-state index >= 15 is 0 Å². The molecule has 2 aromatic carbocycles. The molecule has 128 valence electrons. The standard InChI is InChI=1S/C19H22ClNO2S/c1-24(22,23)21-19(18-13-11-17(15-20)12-14-18)10-6-5-9-16-7-3-2-4-8-16/h2-5,7-9,11-14,19,21H,6,10,15H2,1H3/b9-5+. The van der Waals surface area contributed by atoms with Gasteiger partial charge in [0, 0.05) is 11.9 Å². The van der Waals surface area contributed by atoms with Crippen LogP contribution >= 0.6 is 11.6 Å². The molecular formula is C19H22ClNO2S. The molecule has 1 unspecified atom stereocenters. The molecular weight excluding hydrogens is 342 g/mol. The first-order chi connectivity index (χ1) is 11.5. The fourth-order valence-electron chi connectivity index (χ4n) is 2.44. The lowest BCUT2D eigenvalue weighted by atomic mass is 10.0. The molecule has 24 heavy (non-hydrogen) atoms. The number of benzene rings is 2. The monoisotopic (exact) mass is 363 g/mol. The Morgan fingerprint density at radius 3 is 2.33 bits per heavy atom. The number of halogens is 1. The summed E-state index contributed by atoms with van der Waals surface area (Å²) < 4.78 is 26.0. The second-order valence-electron chi connectivity index (χ2n) is 5.71. The normalized spacial score (nSPS) is 13.2. The van der Waals surface area contributed by atoms with Gasteiger partial charge in [-0.3, -0.25) is 0 Å². The molecule has 3 nitrogen and oxygen atoms in total. The van der Waals surface area contributed by atoms with Gasteiger partial charge >= 0.3 is 0 Å². The van der Waals surface area contributed by atoms with Gasteiger partial charge in [0.2, 0.25) is 10.0 Å². The maximum absolute atomic E-state index is 11.6. The number of hydrogen-bond donors (Lipinski definition) is 1. The lowest BCUT2D eigenvalue weighted by Gasteiger charge is -2.17. The highest BCUT2D eigenvalue weighted by Crippen LogP contribution is 2.21. The van der Waals surface area contributed by atoms with E-state index in [-0.39, 0.29) is 6.04 Å². The molecule has 0 aliphatic rings. The Bertz CT molecular complexity index is 756. The zero-order valence-corrected chi connectivity index (χ0v) is 15.2. The quantitative estimate of drug-likeness (QED) is 0.701. The lowest BCUT2D eigenvalue weighted by molar-refractivity contribution is 0.547. The minimum atomic E-state index is -3.28. The van der Waals surface area contributed by atoms with Crippen molar-refractivity contribution in [3.05, 3.63) is 77.4 Å². The van der Waals surface area contributed by atoms with Crippen LogP contribution in [0.4, 0.5) is 0 Å². The lowest BCUT2D eigenvalue weighted by Crippen LogP contribution is -2.27. The van der Waals surface area contributed by atoms with E-state index in [1.165, 1.54) is 6.26 Å². The first-order valence-corrected chi connectivity index (χ1v) is 10.2. The van der Waals surface area contributed by atoms with Gasteiger partial charge in [-0.25, -0.2) is 13.1 Å². The highest BCUT2D eigenvalue weighted by atomic mass is 35.5. The Hall–Kier alpha value is -1.62. The van der Waals surface area contributed by atoms with E-state index < -0.39 is 10.0 Å². The first kappa shape index (κ1) is 18.7. The Balaban J connectivity index is 2.04. The topological polar surface area (TPSA) is 46.2 Å². The van der Waals surface area contributed by atoms with E-state index in [0.717, 1.165) is 23.1 Å². The second kappa shape index (κ2) is 9.02. The van der Waals surface area contributed by atoms with E-state index in [1.807, 2.05) is 60.7 Å². The van der Waals surface area contributed by atoms with E-state index in [2.05, 4.69) is 10.8 Å². The predicted octanol–water partition coefficient (Wildman–Crippen LogP) is 4.51. The SMILES string of the molecule is CS(=O)(=O)NC(CC/C=C/c1ccccc1)c1ccc(CCl)cc1. The Kier molecular flexibility index (Phi) is 7.03. The zero-order valence-electron chi connectivity index (χ0n) is 13.7. The van der Waals surface area contributed by atoms with Crippen molar-refractivity contribution in [1.29, 1.82) is 0 Å². The van der Waals surface area contributed by atoms with Gasteiger partial charge in [0.15, 0.2) is 0 Å². The van der Waals surface area contributed by atoms with Crippen molar-refractivity contribution in [2.24, 2.45) is 0 Å². The van der Waals surface area contributed by atoms with Gasteiger partial charge in [-0.2, -0.15) is 0 Å². The smallest absolute Gasteiger partial charge is 0.209 e. The van der Waals surface area contributed by atoms with Crippen molar-refractivity contribution in [2.75, 3.05) is 6.26 Å².